The number of amides is 3. The van der Waals surface area contributed by atoms with Gasteiger partial charge in [-0.3, -0.25) is 19.9 Å². The van der Waals surface area contributed by atoms with Crippen LogP contribution < -0.4 is 10.6 Å². The summed E-state index contributed by atoms with van der Waals surface area (Å²) in [4.78, 5) is 27.7. The first kappa shape index (κ1) is 18.2. The maximum absolute atomic E-state index is 12.0. The number of carbonyl (C=O) groups is 2. The number of hydrogen-bond donors (Lipinski definition) is 2. The molecule has 6 heteroatoms. The molecule has 3 amide bonds. The molecule has 24 heavy (non-hydrogen) atoms. The molecule has 1 aliphatic rings. The minimum absolute atomic E-state index is 0.258. The number of imide groups is 1. The molecule has 1 fully saturated rings. The highest BCUT2D eigenvalue weighted by Crippen LogP contribution is 2.07. The van der Waals surface area contributed by atoms with E-state index in [0.29, 0.717) is 0 Å². The Morgan fingerprint density at radius 2 is 1.83 bits per heavy atom. The number of carbonyl (C=O) groups excluding carboxylic acids is 2. The Morgan fingerprint density at radius 3 is 2.46 bits per heavy atom. The molecule has 2 rings (SSSR count). The van der Waals surface area contributed by atoms with Crippen molar-refractivity contribution in [2.24, 2.45) is 0 Å². The van der Waals surface area contributed by atoms with E-state index in [0.717, 1.165) is 32.7 Å². The summed E-state index contributed by atoms with van der Waals surface area (Å²) in [6.07, 6.45) is 4.30. The quantitative estimate of drug-likeness (QED) is 0.850. The minimum Gasteiger partial charge on any atom is -0.341 e. The summed E-state index contributed by atoms with van der Waals surface area (Å²) in [5.74, 6) is -0.258. The van der Waals surface area contributed by atoms with Gasteiger partial charge in [0.2, 0.25) is 5.91 Å². The molecule has 1 aromatic rings. The van der Waals surface area contributed by atoms with E-state index < -0.39 is 6.03 Å². The zero-order valence-electron chi connectivity index (χ0n) is 14.4. The molecule has 0 spiro atoms. The normalized spacial score (nSPS) is 17.6. The lowest BCUT2D eigenvalue weighted by molar-refractivity contribution is -0.125. The summed E-state index contributed by atoms with van der Waals surface area (Å²) in [6.45, 7) is 6.21. The van der Waals surface area contributed by atoms with E-state index in [1.807, 2.05) is 25.1 Å². The lowest BCUT2D eigenvalue weighted by Gasteiger charge is -2.36. The molecule has 0 saturated carbocycles. The van der Waals surface area contributed by atoms with Crippen molar-refractivity contribution in [2.45, 2.75) is 13.0 Å². The minimum atomic E-state index is -0.462. The van der Waals surface area contributed by atoms with E-state index in [1.165, 1.54) is 12.6 Å². The molecule has 1 heterocycles. The Hall–Kier alpha value is -2.18. The Bertz CT molecular complexity index is 566. The van der Waals surface area contributed by atoms with E-state index in [4.69, 9.17) is 0 Å². The van der Waals surface area contributed by atoms with Crippen LogP contribution >= 0.6 is 0 Å². The van der Waals surface area contributed by atoms with Gasteiger partial charge in [-0.1, -0.05) is 42.5 Å². The van der Waals surface area contributed by atoms with Gasteiger partial charge in [0.05, 0.1) is 6.04 Å². The first-order chi connectivity index (χ1) is 11.6. The fraction of sp³-hybridized carbons (Fsp3) is 0.444. The maximum Gasteiger partial charge on any atom is 0.321 e. The summed E-state index contributed by atoms with van der Waals surface area (Å²) < 4.78 is 0. The molecule has 6 nitrogen and oxygen atoms in total. The van der Waals surface area contributed by atoms with Crippen LogP contribution in [0.4, 0.5) is 4.79 Å². The van der Waals surface area contributed by atoms with Crippen molar-refractivity contribution >= 4 is 18.0 Å². The van der Waals surface area contributed by atoms with Gasteiger partial charge in [-0.05, 0) is 12.5 Å². The average Bonchev–Trinajstić information content (AvgIpc) is 2.62. The Morgan fingerprint density at radius 1 is 1.17 bits per heavy atom. The fourth-order valence-electron chi connectivity index (χ4n) is 2.68. The van der Waals surface area contributed by atoms with Gasteiger partial charge in [-0.25, -0.2) is 4.79 Å². The molecule has 0 unspecified atom stereocenters. The first-order valence-electron chi connectivity index (χ1n) is 8.30. The molecule has 1 saturated heterocycles. The number of hydrogen-bond acceptors (Lipinski definition) is 4. The second-order valence-corrected chi connectivity index (χ2v) is 5.89. The number of urea groups is 1. The van der Waals surface area contributed by atoms with Gasteiger partial charge in [0, 0.05) is 39.8 Å². The van der Waals surface area contributed by atoms with Gasteiger partial charge >= 0.3 is 6.03 Å². The molecule has 0 aromatic heterocycles. The van der Waals surface area contributed by atoms with E-state index in [1.54, 1.807) is 0 Å². The van der Waals surface area contributed by atoms with Crippen LogP contribution in [0.25, 0.3) is 6.08 Å². The Kier molecular flexibility index (Phi) is 6.96. The second kappa shape index (κ2) is 9.20. The molecule has 1 aromatic carbocycles. The number of piperazine rings is 1. The fourth-order valence-corrected chi connectivity index (χ4v) is 2.68. The van der Waals surface area contributed by atoms with E-state index in [2.05, 4.69) is 44.7 Å². The molecule has 2 N–H and O–H groups in total. The summed E-state index contributed by atoms with van der Waals surface area (Å²) in [5, 5.41) is 4.73. The van der Waals surface area contributed by atoms with Crippen LogP contribution in [0, 0.1) is 0 Å². The molecule has 0 aliphatic carbocycles. The molecular weight excluding hydrogens is 304 g/mol. The van der Waals surface area contributed by atoms with Crippen LogP contribution in [-0.4, -0.2) is 67.6 Å². The van der Waals surface area contributed by atoms with Crippen molar-refractivity contribution in [3.05, 3.63) is 42.0 Å². The topological polar surface area (TPSA) is 64.7 Å². The van der Waals surface area contributed by atoms with Gasteiger partial charge in [0.15, 0.2) is 0 Å². The lowest BCUT2D eigenvalue weighted by atomic mass is 10.2. The number of nitrogens with one attached hydrogen (secondary N) is 2. The third-order valence-corrected chi connectivity index (χ3v) is 4.27. The highest BCUT2D eigenvalue weighted by atomic mass is 16.2. The van der Waals surface area contributed by atoms with Crippen LogP contribution in [0.2, 0.25) is 0 Å². The summed E-state index contributed by atoms with van der Waals surface area (Å²) >= 11 is 0. The standard InChI is InChI=1S/C18H26N4O2/c1-15(17(23)20-18(24)19-2)22-13-11-21(12-14-22)10-6-9-16-7-4-3-5-8-16/h3-9,15H,10-14H2,1-2H3,(H2,19,20,23,24)/b9-6+/t15-/m1/s1. The molecular formula is C18H26N4O2. The first-order valence-corrected chi connectivity index (χ1v) is 8.30. The second-order valence-electron chi connectivity index (χ2n) is 5.89. The third kappa shape index (κ3) is 5.47. The van der Waals surface area contributed by atoms with Crippen LogP contribution in [0.1, 0.15) is 12.5 Å². The monoisotopic (exact) mass is 330 g/mol. The van der Waals surface area contributed by atoms with Crippen molar-refractivity contribution in [1.82, 2.24) is 20.4 Å². The Labute approximate surface area is 143 Å². The molecule has 1 aliphatic heterocycles. The van der Waals surface area contributed by atoms with Crippen molar-refractivity contribution in [3.8, 4) is 0 Å². The lowest BCUT2D eigenvalue weighted by Crippen LogP contribution is -2.55. The Balaban J connectivity index is 1.73. The van der Waals surface area contributed by atoms with Gasteiger partial charge < -0.3 is 5.32 Å². The van der Waals surface area contributed by atoms with E-state index >= 15 is 0 Å². The SMILES string of the molecule is CNC(=O)NC(=O)[C@@H](C)N1CCN(C/C=C/c2ccccc2)CC1. The molecule has 130 valence electrons. The predicted molar refractivity (Wildman–Crippen MR) is 95.5 cm³/mol. The smallest absolute Gasteiger partial charge is 0.321 e. The third-order valence-electron chi connectivity index (χ3n) is 4.27. The highest BCUT2D eigenvalue weighted by molar-refractivity contribution is 5.96. The molecule has 0 bridgehead atoms. The van der Waals surface area contributed by atoms with Crippen LogP contribution in [-0.2, 0) is 4.79 Å². The van der Waals surface area contributed by atoms with Crippen LogP contribution in [0.15, 0.2) is 36.4 Å². The van der Waals surface area contributed by atoms with E-state index in [-0.39, 0.29) is 11.9 Å². The van der Waals surface area contributed by atoms with Crippen molar-refractivity contribution in [3.63, 3.8) is 0 Å². The van der Waals surface area contributed by atoms with E-state index in [9.17, 15) is 9.59 Å². The predicted octanol–water partition coefficient (Wildman–Crippen LogP) is 1.16. The van der Waals surface area contributed by atoms with Gasteiger partial charge in [-0.15, -0.1) is 0 Å². The number of rotatable bonds is 5. The molecule has 0 radical (unpaired) electrons. The number of nitrogens with zero attached hydrogens (tertiary/aromatic N) is 2. The highest BCUT2D eigenvalue weighted by Gasteiger charge is 2.25. The zero-order chi connectivity index (χ0) is 17.4. The number of benzene rings is 1. The van der Waals surface area contributed by atoms with Crippen LogP contribution in [0.3, 0.4) is 0 Å². The van der Waals surface area contributed by atoms with Gasteiger partial charge in [0.1, 0.15) is 0 Å². The molecule has 1 atom stereocenters. The van der Waals surface area contributed by atoms with Gasteiger partial charge in [-0.2, -0.15) is 0 Å². The van der Waals surface area contributed by atoms with Crippen LogP contribution in [0.5, 0.6) is 0 Å². The van der Waals surface area contributed by atoms with Gasteiger partial charge in [0.25, 0.3) is 0 Å². The van der Waals surface area contributed by atoms with Crippen molar-refractivity contribution in [2.75, 3.05) is 39.8 Å². The average molecular weight is 330 g/mol. The zero-order valence-corrected chi connectivity index (χ0v) is 14.4. The summed E-state index contributed by atoms with van der Waals surface area (Å²) in [7, 11) is 1.50. The summed E-state index contributed by atoms with van der Waals surface area (Å²) in [6, 6.07) is 9.48. The summed E-state index contributed by atoms with van der Waals surface area (Å²) in [5.41, 5.74) is 1.20. The van der Waals surface area contributed by atoms with Crippen molar-refractivity contribution in [1.29, 1.82) is 0 Å². The largest absolute Gasteiger partial charge is 0.341 e. The van der Waals surface area contributed by atoms with Crippen molar-refractivity contribution < 1.29 is 9.59 Å². The maximum atomic E-state index is 12.0.